The Balaban J connectivity index is 2.24. The van der Waals surface area contributed by atoms with Crippen LogP contribution >= 0.6 is 0 Å². The molecule has 1 fully saturated rings. The first-order valence-corrected chi connectivity index (χ1v) is 9.42. The molecule has 3 N–H and O–H groups in total. The van der Waals surface area contributed by atoms with Crippen molar-refractivity contribution in [2.75, 3.05) is 13.7 Å². The van der Waals surface area contributed by atoms with E-state index in [1.54, 1.807) is 0 Å². The predicted molar refractivity (Wildman–Crippen MR) is 89.4 cm³/mol. The molecule has 8 nitrogen and oxygen atoms in total. The van der Waals surface area contributed by atoms with Crippen LogP contribution in [0.15, 0.2) is 23.1 Å². The minimum absolute atomic E-state index is 0.0702. The van der Waals surface area contributed by atoms with Gasteiger partial charge >= 0.3 is 5.69 Å². The third-order valence-corrected chi connectivity index (χ3v) is 5.93. The first-order chi connectivity index (χ1) is 11.4. The molecule has 1 aliphatic rings. The summed E-state index contributed by atoms with van der Waals surface area (Å²) in [5.41, 5.74) is 5.49. The summed E-state index contributed by atoms with van der Waals surface area (Å²) < 4.78 is 32.8. The first kappa shape index (κ1) is 18.6. The molecule has 134 valence electrons. The van der Waals surface area contributed by atoms with E-state index in [0.717, 1.165) is 37.8 Å². The Labute approximate surface area is 141 Å². The Morgan fingerprint density at radius 1 is 1.38 bits per heavy atom. The molecule has 0 aliphatic heterocycles. The number of benzene rings is 1. The number of nitrogens with zero attached hydrogens (tertiary/aromatic N) is 1. The van der Waals surface area contributed by atoms with Gasteiger partial charge in [0.1, 0.15) is 0 Å². The quantitative estimate of drug-likeness (QED) is 0.566. The zero-order chi connectivity index (χ0) is 17.7. The predicted octanol–water partition coefficient (Wildman–Crippen LogP) is 1.79. The average molecular weight is 357 g/mol. The van der Waals surface area contributed by atoms with Gasteiger partial charge in [-0.2, -0.15) is 0 Å². The van der Waals surface area contributed by atoms with Crippen molar-refractivity contribution in [3.63, 3.8) is 0 Å². The van der Waals surface area contributed by atoms with Crippen LogP contribution in [0.5, 0.6) is 5.75 Å². The zero-order valence-electron chi connectivity index (χ0n) is 13.6. The van der Waals surface area contributed by atoms with E-state index in [-0.39, 0.29) is 34.8 Å². The molecule has 1 saturated carbocycles. The van der Waals surface area contributed by atoms with Crippen molar-refractivity contribution in [1.82, 2.24) is 4.72 Å². The van der Waals surface area contributed by atoms with Gasteiger partial charge in [-0.1, -0.05) is 19.3 Å². The van der Waals surface area contributed by atoms with E-state index in [9.17, 15) is 18.5 Å². The molecule has 1 aromatic carbocycles. The van der Waals surface area contributed by atoms with Crippen LogP contribution in [-0.2, 0) is 10.0 Å². The third-order valence-electron chi connectivity index (χ3n) is 4.44. The Morgan fingerprint density at radius 3 is 2.58 bits per heavy atom. The van der Waals surface area contributed by atoms with Gasteiger partial charge in [-0.15, -0.1) is 0 Å². The minimum atomic E-state index is -3.83. The summed E-state index contributed by atoms with van der Waals surface area (Å²) in [4.78, 5) is 10.2. The normalized spacial score (nSPS) is 17.4. The smallest absolute Gasteiger partial charge is 0.310 e. The van der Waals surface area contributed by atoms with Crippen LogP contribution in [0.1, 0.15) is 32.1 Å². The Bertz CT molecular complexity index is 686. The highest BCUT2D eigenvalue weighted by Gasteiger charge is 2.28. The second-order valence-corrected chi connectivity index (χ2v) is 7.67. The van der Waals surface area contributed by atoms with Gasteiger partial charge in [-0.3, -0.25) is 10.1 Å². The molecule has 0 aromatic heterocycles. The lowest BCUT2D eigenvalue weighted by Crippen LogP contribution is -2.45. The van der Waals surface area contributed by atoms with Gasteiger partial charge in [0.25, 0.3) is 0 Å². The molecule has 0 spiro atoms. The van der Waals surface area contributed by atoms with Crippen LogP contribution in [0.3, 0.4) is 0 Å². The van der Waals surface area contributed by atoms with Crippen LogP contribution in [0.4, 0.5) is 5.69 Å². The van der Waals surface area contributed by atoms with E-state index in [0.29, 0.717) is 0 Å². The van der Waals surface area contributed by atoms with Crippen LogP contribution < -0.4 is 15.2 Å². The lowest BCUT2D eigenvalue weighted by molar-refractivity contribution is -0.385. The maximum Gasteiger partial charge on any atom is 0.310 e. The fourth-order valence-electron chi connectivity index (χ4n) is 3.12. The Morgan fingerprint density at radius 2 is 2.04 bits per heavy atom. The molecule has 2 rings (SSSR count). The summed E-state index contributed by atoms with van der Waals surface area (Å²) in [6.45, 7) is 0.216. The zero-order valence-corrected chi connectivity index (χ0v) is 14.4. The maximum absolute atomic E-state index is 12.6. The van der Waals surface area contributed by atoms with Crippen molar-refractivity contribution >= 4 is 15.7 Å². The summed E-state index contributed by atoms with van der Waals surface area (Å²) in [6, 6.07) is 3.16. The summed E-state index contributed by atoms with van der Waals surface area (Å²) in [5.74, 6) is 0.128. The summed E-state index contributed by atoms with van der Waals surface area (Å²) in [7, 11) is -2.57. The lowest BCUT2D eigenvalue weighted by atomic mass is 9.84. The van der Waals surface area contributed by atoms with Crippen molar-refractivity contribution in [3.8, 4) is 5.75 Å². The molecule has 24 heavy (non-hydrogen) atoms. The van der Waals surface area contributed by atoms with Gasteiger partial charge in [-0.05, 0) is 24.8 Å². The van der Waals surface area contributed by atoms with Crippen LogP contribution in [0.25, 0.3) is 0 Å². The van der Waals surface area contributed by atoms with E-state index < -0.39 is 14.9 Å². The third kappa shape index (κ3) is 4.22. The largest absolute Gasteiger partial charge is 0.490 e. The van der Waals surface area contributed by atoms with E-state index in [1.807, 2.05) is 0 Å². The highest BCUT2D eigenvalue weighted by molar-refractivity contribution is 7.89. The molecule has 0 heterocycles. The molecule has 0 amide bonds. The van der Waals surface area contributed by atoms with Crippen molar-refractivity contribution in [2.24, 2.45) is 11.7 Å². The summed E-state index contributed by atoms with van der Waals surface area (Å²) in [6.07, 6.45) is 5.23. The minimum Gasteiger partial charge on any atom is -0.490 e. The topological polar surface area (TPSA) is 125 Å². The van der Waals surface area contributed by atoms with Gasteiger partial charge in [0.15, 0.2) is 5.75 Å². The number of hydrogen-bond donors (Lipinski definition) is 2. The van der Waals surface area contributed by atoms with Gasteiger partial charge in [-0.25, -0.2) is 13.1 Å². The van der Waals surface area contributed by atoms with Crippen LogP contribution in [0, 0.1) is 16.0 Å². The number of ether oxygens (including phenoxy) is 1. The number of rotatable bonds is 7. The second-order valence-electron chi connectivity index (χ2n) is 5.95. The number of hydrogen-bond acceptors (Lipinski definition) is 6. The first-order valence-electron chi connectivity index (χ1n) is 7.94. The van der Waals surface area contributed by atoms with Gasteiger partial charge in [0, 0.05) is 24.7 Å². The van der Waals surface area contributed by atoms with Crippen LogP contribution in [-0.4, -0.2) is 33.0 Å². The summed E-state index contributed by atoms with van der Waals surface area (Å²) in [5, 5.41) is 10.9. The lowest BCUT2D eigenvalue weighted by Gasteiger charge is -2.29. The number of sulfonamides is 1. The molecule has 0 bridgehead atoms. The highest BCUT2D eigenvalue weighted by atomic mass is 32.2. The van der Waals surface area contributed by atoms with E-state index in [1.165, 1.54) is 19.6 Å². The molecule has 1 aromatic rings. The van der Waals surface area contributed by atoms with E-state index >= 15 is 0 Å². The number of nitrogens with two attached hydrogens (primary N) is 1. The number of methoxy groups -OCH3 is 1. The molecule has 0 saturated heterocycles. The molecule has 1 unspecified atom stereocenters. The molecular formula is C15H23N3O5S. The van der Waals surface area contributed by atoms with Crippen molar-refractivity contribution in [2.45, 2.75) is 43.0 Å². The Hall–Kier alpha value is -1.71. The highest BCUT2D eigenvalue weighted by Crippen LogP contribution is 2.30. The number of nitrogens with one attached hydrogen (secondary N) is 1. The molecule has 1 atom stereocenters. The fourth-order valence-corrected chi connectivity index (χ4v) is 4.45. The monoisotopic (exact) mass is 357 g/mol. The average Bonchev–Trinajstić information content (AvgIpc) is 2.59. The standard InChI is InChI=1S/C15H23N3O5S/c1-23-15-9-12(7-8-14(15)18(19)20)24(21,22)17-13(10-16)11-5-3-2-4-6-11/h7-9,11,13,17H,2-6,10,16H2,1H3. The second kappa shape index (κ2) is 7.91. The van der Waals surface area contributed by atoms with E-state index in [2.05, 4.69) is 4.72 Å². The molecule has 0 radical (unpaired) electrons. The van der Waals surface area contributed by atoms with E-state index in [4.69, 9.17) is 10.5 Å². The van der Waals surface area contributed by atoms with Crippen molar-refractivity contribution in [3.05, 3.63) is 28.3 Å². The molecule has 9 heteroatoms. The van der Waals surface area contributed by atoms with Gasteiger partial charge in [0.2, 0.25) is 10.0 Å². The fraction of sp³-hybridized carbons (Fsp3) is 0.600. The van der Waals surface area contributed by atoms with Gasteiger partial charge in [0.05, 0.1) is 16.9 Å². The molecular weight excluding hydrogens is 334 g/mol. The van der Waals surface area contributed by atoms with Crippen molar-refractivity contribution in [1.29, 1.82) is 0 Å². The molecule has 1 aliphatic carbocycles. The maximum atomic E-state index is 12.6. The SMILES string of the molecule is COc1cc(S(=O)(=O)NC(CN)C2CCCCC2)ccc1[N+](=O)[O-]. The van der Waals surface area contributed by atoms with Crippen molar-refractivity contribution < 1.29 is 18.1 Å². The Kier molecular flexibility index (Phi) is 6.14. The summed E-state index contributed by atoms with van der Waals surface area (Å²) >= 11 is 0. The van der Waals surface area contributed by atoms with Crippen LogP contribution in [0.2, 0.25) is 0 Å². The van der Waals surface area contributed by atoms with Gasteiger partial charge < -0.3 is 10.5 Å². The number of nitro groups is 1. The number of nitro benzene ring substituents is 1.